The SMILES string of the molecule is CCCCCCCCC=CCCCCCCC(C)C(=O)N1CCN(C(=O)CCNC(=O)C(OC(C)=O)C(C)(C)COC(C)=O)CC1. The van der Waals surface area contributed by atoms with Crippen LogP contribution in [0.15, 0.2) is 12.2 Å². The second-order valence-corrected chi connectivity index (χ2v) is 13.4. The summed E-state index contributed by atoms with van der Waals surface area (Å²) in [6.07, 6.45) is 19.5. The number of amides is 3. The Bertz CT molecular complexity index is 957. The molecule has 10 nitrogen and oxygen atoms in total. The lowest BCUT2D eigenvalue weighted by Gasteiger charge is -2.36. The van der Waals surface area contributed by atoms with Crippen LogP contribution in [-0.4, -0.2) is 84.9 Å². The summed E-state index contributed by atoms with van der Waals surface area (Å²) in [5.41, 5.74) is -0.963. The number of nitrogens with one attached hydrogen (secondary N) is 1. The van der Waals surface area contributed by atoms with Crippen molar-refractivity contribution in [2.75, 3.05) is 39.3 Å². The molecule has 1 N–H and O–H groups in total. The van der Waals surface area contributed by atoms with Crippen molar-refractivity contribution < 1.29 is 33.4 Å². The van der Waals surface area contributed by atoms with Gasteiger partial charge in [0.05, 0.1) is 0 Å². The van der Waals surface area contributed by atoms with Crippen molar-refractivity contribution in [2.45, 2.75) is 138 Å². The number of unbranched alkanes of at least 4 members (excludes halogenated alkanes) is 10. The number of nitrogens with zero attached hydrogens (tertiary/aromatic N) is 2. The molecule has 2 atom stereocenters. The molecule has 1 aliphatic heterocycles. The Hall–Kier alpha value is -2.91. The molecule has 0 aromatic heterocycles. The van der Waals surface area contributed by atoms with E-state index in [4.69, 9.17) is 9.47 Å². The zero-order valence-electron chi connectivity index (χ0n) is 29.7. The number of carbonyl (C=O) groups excluding carboxylic acids is 5. The van der Waals surface area contributed by atoms with E-state index < -0.39 is 29.4 Å². The topological polar surface area (TPSA) is 122 Å². The van der Waals surface area contributed by atoms with E-state index in [1.165, 1.54) is 71.6 Å². The highest BCUT2D eigenvalue weighted by Crippen LogP contribution is 2.25. The summed E-state index contributed by atoms with van der Waals surface area (Å²) < 4.78 is 10.3. The number of esters is 2. The molecule has 0 aromatic carbocycles. The summed E-state index contributed by atoms with van der Waals surface area (Å²) in [5.74, 6) is -1.66. The number of rotatable bonds is 23. The van der Waals surface area contributed by atoms with Gasteiger partial charge in [0.1, 0.15) is 6.61 Å². The van der Waals surface area contributed by atoms with E-state index >= 15 is 0 Å². The maximum Gasteiger partial charge on any atom is 0.303 e. The second kappa shape index (κ2) is 23.4. The standard InChI is InChI=1S/C36H63N3O7/c1-7-8-9-10-11-12-13-14-15-16-17-18-19-20-21-29(2)35(44)39-26-24-38(25-27-39)32(42)22-23-37-34(43)33(46-31(4)41)36(5,6)28-45-30(3)40/h14-15,29,33H,7-13,16-28H2,1-6H3,(H,37,43). The summed E-state index contributed by atoms with van der Waals surface area (Å²) in [4.78, 5) is 65.0. The fourth-order valence-electron chi connectivity index (χ4n) is 5.60. The van der Waals surface area contributed by atoms with Crippen molar-refractivity contribution in [3.8, 4) is 0 Å². The van der Waals surface area contributed by atoms with E-state index in [-0.39, 0.29) is 37.3 Å². The lowest BCUT2D eigenvalue weighted by Crippen LogP contribution is -2.52. The first kappa shape index (κ1) is 41.1. The Morgan fingerprint density at radius 1 is 0.783 bits per heavy atom. The number of ether oxygens (including phenoxy) is 2. The van der Waals surface area contributed by atoms with Gasteiger partial charge < -0.3 is 24.6 Å². The van der Waals surface area contributed by atoms with Gasteiger partial charge in [-0.1, -0.05) is 91.2 Å². The molecule has 0 spiro atoms. The summed E-state index contributed by atoms with van der Waals surface area (Å²) in [7, 11) is 0. The highest BCUT2D eigenvalue weighted by molar-refractivity contribution is 5.85. The molecule has 0 bridgehead atoms. The molecule has 10 heteroatoms. The summed E-state index contributed by atoms with van der Waals surface area (Å²) in [6, 6.07) is 0. The maximum atomic E-state index is 13.0. The van der Waals surface area contributed by atoms with Gasteiger partial charge in [-0.25, -0.2) is 0 Å². The Balaban J connectivity index is 2.27. The van der Waals surface area contributed by atoms with Crippen molar-refractivity contribution in [3.05, 3.63) is 12.2 Å². The van der Waals surface area contributed by atoms with Gasteiger partial charge in [0, 0.05) is 64.3 Å². The molecule has 0 aliphatic carbocycles. The largest absolute Gasteiger partial charge is 0.465 e. The summed E-state index contributed by atoms with van der Waals surface area (Å²) in [5, 5.41) is 2.67. The predicted octanol–water partition coefficient (Wildman–Crippen LogP) is 5.97. The molecule has 3 amide bonds. The Kier molecular flexibility index (Phi) is 20.9. The molecule has 1 fully saturated rings. The molecular weight excluding hydrogens is 586 g/mol. The van der Waals surface area contributed by atoms with Crippen molar-refractivity contribution >= 4 is 29.7 Å². The van der Waals surface area contributed by atoms with Gasteiger partial charge >= 0.3 is 11.9 Å². The van der Waals surface area contributed by atoms with Crippen molar-refractivity contribution in [1.29, 1.82) is 0 Å². The van der Waals surface area contributed by atoms with E-state index in [2.05, 4.69) is 24.4 Å². The molecule has 1 saturated heterocycles. The van der Waals surface area contributed by atoms with Crippen molar-refractivity contribution in [2.24, 2.45) is 11.3 Å². The van der Waals surface area contributed by atoms with Crippen LogP contribution in [0.5, 0.6) is 0 Å². The predicted molar refractivity (Wildman–Crippen MR) is 181 cm³/mol. The summed E-state index contributed by atoms with van der Waals surface area (Å²) >= 11 is 0. The minimum atomic E-state index is -1.18. The Morgan fingerprint density at radius 2 is 1.33 bits per heavy atom. The van der Waals surface area contributed by atoms with E-state index in [1.807, 2.05) is 11.8 Å². The van der Waals surface area contributed by atoms with Crippen LogP contribution in [0.3, 0.4) is 0 Å². The zero-order valence-corrected chi connectivity index (χ0v) is 29.7. The Labute approximate surface area is 278 Å². The fraction of sp³-hybridized carbons (Fsp3) is 0.806. The number of piperazine rings is 1. The van der Waals surface area contributed by atoms with Crippen LogP contribution in [0.25, 0.3) is 0 Å². The molecule has 46 heavy (non-hydrogen) atoms. The molecule has 1 heterocycles. The lowest BCUT2D eigenvalue weighted by atomic mass is 9.86. The van der Waals surface area contributed by atoms with E-state index in [0.717, 1.165) is 25.7 Å². The maximum absolute atomic E-state index is 13.0. The van der Waals surface area contributed by atoms with Gasteiger partial charge in [-0.3, -0.25) is 24.0 Å². The van der Waals surface area contributed by atoms with Crippen LogP contribution in [0.2, 0.25) is 0 Å². The number of hydrogen-bond acceptors (Lipinski definition) is 7. The average molecular weight is 650 g/mol. The first-order valence-electron chi connectivity index (χ1n) is 17.7. The molecule has 2 unspecified atom stereocenters. The van der Waals surface area contributed by atoms with Crippen LogP contribution in [0, 0.1) is 11.3 Å². The van der Waals surface area contributed by atoms with Crippen LogP contribution in [0.1, 0.15) is 131 Å². The highest BCUT2D eigenvalue weighted by Gasteiger charge is 2.39. The number of allylic oxidation sites excluding steroid dienone is 2. The fourth-order valence-corrected chi connectivity index (χ4v) is 5.60. The molecule has 0 radical (unpaired) electrons. The van der Waals surface area contributed by atoms with Gasteiger partial charge in [0.2, 0.25) is 11.8 Å². The zero-order chi connectivity index (χ0) is 34.4. The first-order chi connectivity index (χ1) is 21.9. The molecule has 1 rings (SSSR count). The Morgan fingerprint density at radius 3 is 1.89 bits per heavy atom. The van der Waals surface area contributed by atoms with Gasteiger partial charge in [0.25, 0.3) is 5.91 Å². The third-order valence-electron chi connectivity index (χ3n) is 8.53. The van der Waals surface area contributed by atoms with Gasteiger partial charge in [-0.05, 0) is 32.1 Å². The van der Waals surface area contributed by atoms with E-state index in [9.17, 15) is 24.0 Å². The minimum Gasteiger partial charge on any atom is -0.465 e. The third-order valence-corrected chi connectivity index (χ3v) is 8.53. The van der Waals surface area contributed by atoms with Crippen LogP contribution in [0.4, 0.5) is 0 Å². The van der Waals surface area contributed by atoms with Crippen LogP contribution >= 0.6 is 0 Å². The number of hydrogen-bond donors (Lipinski definition) is 1. The monoisotopic (exact) mass is 649 g/mol. The van der Waals surface area contributed by atoms with E-state index in [1.54, 1.807) is 18.7 Å². The van der Waals surface area contributed by atoms with Crippen molar-refractivity contribution in [3.63, 3.8) is 0 Å². The molecule has 0 aromatic rings. The smallest absolute Gasteiger partial charge is 0.303 e. The minimum absolute atomic E-state index is 0.0232. The molecule has 264 valence electrons. The quantitative estimate of drug-likeness (QED) is 0.0823. The third kappa shape index (κ3) is 17.7. The number of carbonyl (C=O) groups is 5. The van der Waals surface area contributed by atoms with Gasteiger partial charge in [-0.2, -0.15) is 0 Å². The second-order valence-electron chi connectivity index (χ2n) is 13.4. The lowest BCUT2D eigenvalue weighted by molar-refractivity contribution is -0.166. The molecule has 1 aliphatic rings. The van der Waals surface area contributed by atoms with Crippen molar-refractivity contribution in [1.82, 2.24) is 15.1 Å². The molecular formula is C36H63N3O7. The summed E-state index contributed by atoms with van der Waals surface area (Å²) in [6.45, 7) is 11.9. The van der Waals surface area contributed by atoms with Gasteiger partial charge in [0.15, 0.2) is 6.10 Å². The normalized spacial score (nSPS) is 15.0. The van der Waals surface area contributed by atoms with Gasteiger partial charge in [-0.15, -0.1) is 0 Å². The molecule has 0 saturated carbocycles. The van der Waals surface area contributed by atoms with E-state index in [0.29, 0.717) is 26.2 Å². The van der Waals surface area contributed by atoms with Crippen LogP contribution < -0.4 is 5.32 Å². The average Bonchev–Trinajstić information content (AvgIpc) is 3.02. The highest BCUT2D eigenvalue weighted by atomic mass is 16.6. The van der Waals surface area contributed by atoms with Crippen LogP contribution in [-0.2, 0) is 33.4 Å². The first-order valence-corrected chi connectivity index (χ1v) is 17.7.